The topological polar surface area (TPSA) is 41.1 Å². The average molecular weight is 246 g/mol. The van der Waals surface area contributed by atoms with Crippen molar-refractivity contribution in [3.63, 3.8) is 0 Å². The molecule has 0 aromatic heterocycles. The Balaban J connectivity index is 2.12. The van der Waals surface area contributed by atoms with Gasteiger partial charge in [0.1, 0.15) is 0 Å². The van der Waals surface area contributed by atoms with E-state index in [-0.39, 0.29) is 11.8 Å². The minimum Gasteiger partial charge on any atom is -0.353 e. The summed E-state index contributed by atoms with van der Waals surface area (Å²) in [5.41, 5.74) is 2.42. The molecule has 0 saturated heterocycles. The highest BCUT2D eigenvalue weighted by Gasteiger charge is 2.26. The Labute approximate surface area is 109 Å². The van der Waals surface area contributed by atoms with E-state index in [2.05, 4.69) is 36.6 Å². The molecule has 98 valence electrons. The number of rotatable bonds is 4. The number of hydrogen-bond acceptors (Lipinski definition) is 2. The fourth-order valence-electron chi connectivity index (χ4n) is 2.52. The average Bonchev–Trinajstić information content (AvgIpc) is 2.43. The number of carbonyl (C=O) groups excluding carboxylic acids is 1. The third-order valence-corrected chi connectivity index (χ3v) is 3.74. The molecular formula is C15H22N2O. The van der Waals surface area contributed by atoms with Crippen molar-refractivity contribution in [2.24, 2.45) is 0 Å². The lowest BCUT2D eigenvalue weighted by atomic mass is 9.90. The summed E-state index contributed by atoms with van der Waals surface area (Å²) in [6, 6.07) is 8.52. The first-order valence-corrected chi connectivity index (χ1v) is 6.85. The Morgan fingerprint density at radius 2 is 2.11 bits per heavy atom. The molecule has 0 spiro atoms. The van der Waals surface area contributed by atoms with Gasteiger partial charge in [0.25, 0.3) is 0 Å². The summed E-state index contributed by atoms with van der Waals surface area (Å²) in [6.07, 6.45) is 1.98. The maximum atomic E-state index is 12.3. The van der Waals surface area contributed by atoms with Crippen LogP contribution in [0.1, 0.15) is 43.7 Å². The second kappa shape index (κ2) is 6.01. The van der Waals surface area contributed by atoms with E-state index >= 15 is 0 Å². The first-order valence-electron chi connectivity index (χ1n) is 6.85. The maximum Gasteiger partial charge on any atom is 0.229 e. The fourth-order valence-corrected chi connectivity index (χ4v) is 2.52. The second-order valence-corrected chi connectivity index (χ2v) is 4.90. The molecule has 1 atom stereocenters. The summed E-state index contributed by atoms with van der Waals surface area (Å²) < 4.78 is 0. The molecule has 2 N–H and O–H groups in total. The number of benzene rings is 1. The van der Waals surface area contributed by atoms with Crippen molar-refractivity contribution in [1.82, 2.24) is 10.6 Å². The Hall–Kier alpha value is -1.35. The number of nitrogens with one attached hydrogen (secondary N) is 2. The van der Waals surface area contributed by atoms with Crippen molar-refractivity contribution < 1.29 is 4.79 Å². The van der Waals surface area contributed by atoms with Gasteiger partial charge in [-0.25, -0.2) is 0 Å². The SMILES string of the molecule is CCC(CC)NC(=O)C1CNCc2ccccc21. The van der Waals surface area contributed by atoms with Crippen LogP contribution < -0.4 is 10.6 Å². The van der Waals surface area contributed by atoms with Gasteiger partial charge < -0.3 is 10.6 Å². The molecule has 1 heterocycles. The van der Waals surface area contributed by atoms with Crippen LogP contribution in [-0.2, 0) is 11.3 Å². The van der Waals surface area contributed by atoms with Crippen molar-refractivity contribution >= 4 is 5.91 Å². The molecular weight excluding hydrogens is 224 g/mol. The van der Waals surface area contributed by atoms with E-state index < -0.39 is 0 Å². The van der Waals surface area contributed by atoms with Gasteiger partial charge in [0.15, 0.2) is 0 Å². The Morgan fingerprint density at radius 1 is 1.39 bits per heavy atom. The van der Waals surface area contributed by atoms with Gasteiger partial charge in [-0.2, -0.15) is 0 Å². The lowest BCUT2D eigenvalue weighted by molar-refractivity contribution is -0.123. The Bertz CT molecular complexity index is 413. The smallest absolute Gasteiger partial charge is 0.229 e. The highest BCUT2D eigenvalue weighted by atomic mass is 16.2. The lowest BCUT2D eigenvalue weighted by Gasteiger charge is -2.27. The van der Waals surface area contributed by atoms with Gasteiger partial charge in [-0.15, -0.1) is 0 Å². The van der Waals surface area contributed by atoms with Crippen LogP contribution in [0.2, 0.25) is 0 Å². The normalized spacial score (nSPS) is 18.5. The Morgan fingerprint density at radius 3 is 2.83 bits per heavy atom. The van der Waals surface area contributed by atoms with Gasteiger partial charge in [-0.05, 0) is 24.0 Å². The molecule has 1 aromatic carbocycles. The van der Waals surface area contributed by atoms with E-state index in [1.807, 2.05) is 12.1 Å². The number of fused-ring (bicyclic) bond motifs is 1. The van der Waals surface area contributed by atoms with Crippen LogP contribution >= 0.6 is 0 Å². The molecule has 18 heavy (non-hydrogen) atoms. The van der Waals surface area contributed by atoms with Gasteiger partial charge >= 0.3 is 0 Å². The summed E-state index contributed by atoms with van der Waals surface area (Å²) in [4.78, 5) is 12.3. The summed E-state index contributed by atoms with van der Waals surface area (Å²) in [6.45, 7) is 5.83. The lowest BCUT2D eigenvalue weighted by Crippen LogP contribution is -2.42. The standard InChI is InChI=1S/C15H22N2O/c1-3-12(4-2)17-15(18)14-10-16-9-11-7-5-6-8-13(11)14/h5-8,12,14,16H,3-4,9-10H2,1-2H3,(H,17,18). The van der Waals surface area contributed by atoms with Crippen molar-refractivity contribution in [3.05, 3.63) is 35.4 Å². The number of amides is 1. The first kappa shape index (κ1) is 13.1. The molecule has 0 aliphatic carbocycles. The molecule has 3 nitrogen and oxygen atoms in total. The monoisotopic (exact) mass is 246 g/mol. The van der Waals surface area contributed by atoms with Crippen LogP contribution in [0.5, 0.6) is 0 Å². The van der Waals surface area contributed by atoms with Crippen LogP contribution in [0.15, 0.2) is 24.3 Å². The van der Waals surface area contributed by atoms with E-state index in [9.17, 15) is 4.79 Å². The quantitative estimate of drug-likeness (QED) is 0.855. The molecule has 3 heteroatoms. The van der Waals surface area contributed by atoms with Crippen molar-refractivity contribution in [1.29, 1.82) is 0 Å². The zero-order chi connectivity index (χ0) is 13.0. The van der Waals surface area contributed by atoms with Crippen molar-refractivity contribution in [2.45, 2.75) is 45.2 Å². The molecule has 1 unspecified atom stereocenters. The second-order valence-electron chi connectivity index (χ2n) is 4.90. The van der Waals surface area contributed by atoms with Gasteiger partial charge in [0.2, 0.25) is 5.91 Å². The summed E-state index contributed by atoms with van der Waals surface area (Å²) >= 11 is 0. The number of carbonyl (C=O) groups is 1. The number of hydrogen-bond donors (Lipinski definition) is 2. The summed E-state index contributed by atoms with van der Waals surface area (Å²) in [5.74, 6) is 0.110. The third kappa shape index (κ3) is 2.72. The molecule has 1 amide bonds. The van der Waals surface area contributed by atoms with E-state index in [1.165, 1.54) is 11.1 Å². The molecule has 1 aliphatic rings. The van der Waals surface area contributed by atoms with E-state index in [0.29, 0.717) is 6.04 Å². The van der Waals surface area contributed by atoms with Gasteiger partial charge in [0.05, 0.1) is 5.92 Å². The maximum absolute atomic E-state index is 12.3. The third-order valence-electron chi connectivity index (χ3n) is 3.74. The highest BCUT2D eigenvalue weighted by molar-refractivity contribution is 5.84. The van der Waals surface area contributed by atoms with Crippen molar-refractivity contribution in [2.75, 3.05) is 6.54 Å². The first-order chi connectivity index (χ1) is 8.76. The molecule has 1 aromatic rings. The van der Waals surface area contributed by atoms with E-state index in [1.54, 1.807) is 0 Å². The van der Waals surface area contributed by atoms with Gasteiger partial charge in [-0.3, -0.25) is 4.79 Å². The van der Waals surface area contributed by atoms with E-state index in [4.69, 9.17) is 0 Å². The van der Waals surface area contributed by atoms with E-state index in [0.717, 1.165) is 25.9 Å². The van der Waals surface area contributed by atoms with Gasteiger partial charge in [-0.1, -0.05) is 38.1 Å². The van der Waals surface area contributed by atoms with Crippen LogP contribution in [0.4, 0.5) is 0 Å². The van der Waals surface area contributed by atoms with Crippen LogP contribution in [0, 0.1) is 0 Å². The molecule has 0 fully saturated rings. The summed E-state index contributed by atoms with van der Waals surface area (Å²) in [7, 11) is 0. The Kier molecular flexibility index (Phi) is 4.37. The van der Waals surface area contributed by atoms with Crippen LogP contribution in [0.25, 0.3) is 0 Å². The summed E-state index contributed by atoms with van der Waals surface area (Å²) in [5, 5.41) is 6.47. The largest absolute Gasteiger partial charge is 0.353 e. The van der Waals surface area contributed by atoms with Crippen LogP contribution in [0.3, 0.4) is 0 Å². The predicted octanol–water partition coefficient (Wildman–Crippen LogP) is 2.18. The fraction of sp³-hybridized carbons (Fsp3) is 0.533. The molecule has 1 aliphatic heterocycles. The predicted molar refractivity (Wildman–Crippen MR) is 73.4 cm³/mol. The highest BCUT2D eigenvalue weighted by Crippen LogP contribution is 2.24. The zero-order valence-electron chi connectivity index (χ0n) is 11.2. The van der Waals surface area contributed by atoms with Gasteiger partial charge in [0, 0.05) is 19.1 Å². The molecule has 0 saturated carbocycles. The van der Waals surface area contributed by atoms with Crippen molar-refractivity contribution in [3.8, 4) is 0 Å². The molecule has 0 bridgehead atoms. The molecule has 2 rings (SSSR count). The molecule has 0 radical (unpaired) electrons. The minimum atomic E-state index is -0.0458. The van der Waals surface area contributed by atoms with Crippen LogP contribution in [-0.4, -0.2) is 18.5 Å². The minimum absolute atomic E-state index is 0.0458. The zero-order valence-corrected chi connectivity index (χ0v) is 11.2.